The lowest BCUT2D eigenvalue weighted by molar-refractivity contribution is -0.119. The molecule has 0 spiro atoms. The van der Waals surface area contributed by atoms with Crippen LogP contribution in [-0.4, -0.2) is 29.1 Å². The molecule has 9 nitrogen and oxygen atoms in total. The third-order valence-corrected chi connectivity index (χ3v) is 6.23. The number of nitrogens with zero attached hydrogens (tertiary/aromatic N) is 3. The number of hydrogen-bond acceptors (Lipinski definition) is 8. The first-order valence-electron chi connectivity index (χ1n) is 8.15. The van der Waals surface area contributed by atoms with Gasteiger partial charge >= 0.3 is 4.87 Å². The molecule has 27 heavy (non-hydrogen) atoms. The lowest BCUT2D eigenvalue weighted by atomic mass is 10.2. The van der Waals surface area contributed by atoms with E-state index < -0.39 is 15.9 Å². The standard InChI is InChI=1S/C16H18N4O5S2/c1-9(2)15-18-17-14(25-15)7-6-13(21)19-27(23,24)10-4-5-11-12(8-10)26-16(22)20(11)3/h4-5,8-9H,6-7H2,1-3H3,(H,19,21). The van der Waals surface area contributed by atoms with E-state index in [0.717, 1.165) is 11.3 Å². The second-order valence-electron chi connectivity index (χ2n) is 6.27. The van der Waals surface area contributed by atoms with Gasteiger partial charge in [-0.1, -0.05) is 25.2 Å². The van der Waals surface area contributed by atoms with Crippen molar-refractivity contribution in [2.75, 3.05) is 0 Å². The van der Waals surface area contributed by atoms with Crippen molar-refractivity contribution in [1.82, 2.24) is 19.5 Å². The lowest BCUT2D eigenvalue weighted by Crippen LogP contribution is -2.30. The predicted octanol–water partition coefficient (Wildman–Crippen LogP) is 1.54. The molecule has 3 rings (SSSR count). The summed E-state index contributed by atoms with van der Waals surface area (Å²) in [4.78, 5) is 23.4. The zero-order chi connectivity index (χ0) is 19.8. The number of nitrogens with one attached hydrogen (secondary N) is 1. The molecule has 1 aromatic carbocycles. The molecule has 0 aliphatic heterocycles. The van der Waals surface area contributed by atoms with Crippen molar-refractivity contribution in [3.8, 4) is 0 Å². The van der Waals surface area contributed by atoms with E-state index in [1.54, 1.807) is 7.05 Å². The van der Waals surface area contributed by atoms with Crippen LogP contribution < -0.4 is 9.60 Å². The first-order chi connectivity index (χ1) is 12.7. The summed E-state index contributed by atoms with van der Waals surface area (Å²) in [6.07, 6.45) is 0.0281. The van der Waals surface area contributed by atoms with Crippen LogP contribution in [-0.2, 0) is 28.3 Å². The summed E-state index contributed by atoms with van der Waals surface area (Å²) in [5.74, 6) is 0.139. The monoisotopic (exact) mass is 410 g/mol. The lowest BCUT2D eigenvalue weighted by Gasteiger charge is -2.06. The Morgan fingerprint density at radius 3 is 2.74 bits per heavy atom. The van der Waals surface area contributed by atoms with Gasteiger partial charge in [0.15, 0.2) is 0 Å². The summed E-state index contributed by atoms with van der Waals surface area (Å²) in [6, 6.07) is 4.28. The van der Waals surface area contributed by atoms with Crippen molar-refractivity contribution >= 4 is 37.5 Å². The van der Waals surface area contributed by atoms with Crippen molar-refractivity contribution in [3.05, 3.63) is 39.6 Å². The highest BCUT2D eigenvalue weighted by atomic mass is 32.2. The Balaban J connectivity index is 1.69. The first-order valence-corrected chi connectivity index (χ1v) is 10.4. The Bertz CT molecular complexity index is 1160. The maximum Gasteiger partial charge on any atom is 0.307 e. The highest BCUT2D eigenvalue weighted by Crippen LogP contribution is 2.21. The minimum absolute atomic E-state index is 0.0732. The molecular weight excluding hydrogens is 392 g/mol. The quantitative estimate of drug-likeness (QED) is 0.653. The Morgan fingerprint density at radius 1 is 1.33 bits per heavy atom. The zero-order valence-corrected chi connectivity index (χ0v) is 16.6. The van der Waals surface area contributed by atoms with Gasteiger partial charge in [-0.2, -0.15) is 0 Å². The van der Waals surface area contributed by atoms with E-state index in [4.69, 9.17) is 4.42 Å². The smallest absolute Gasteiger partial charge is 0.307 e. The molecule has 0 aliphatic rings. The molecular formula is C16H18N4O5S2. The van der Waals surface area contributed by atoms with E-state index in [9.17, 15) is 18.0 Å². The van der Waals surface area contributed by atoms with Crippen LogP contribution in [0.25, 0.3) is 10.2 Å². The van der Waals surface area contributed by atoms with Crippen LogP contribution in [0.2, 0.25) is 0 Å². The van der Waals surface area contributed by atoms with Crippen molar-refractivity contribution in [3.63, 3.8) is 0 Å². The topological polar surface area (TPSA) is 124 Å². The fourth-order valence-electron chi connectivity index (χ4n) is 2.36. The van der Waals surface area contributed by atoms with Crippen molar-refractivity contribution < 1.29 is 17.6 Å². The summed E-state index contributed by atoms with van der Waals surface area (Å²) in [5.41, 5.74) is 0.632. The second kappa shape index (κ2) is 7.24. The van der Waals surface area contributed by atoms with Gasteiger partial charge in [-0.05, 0) is 18.2 Å². The van der Waals surface area contributed by atoms with E-state index in [-0.39, 0.29) is 34.4 Å². The number of thiazole rings is 1. The number of aryl methyl sites for hydroxylation is 2. The fourth-order valence-corrected chi connectivity index (χ4v) is 4.40. The molecule has 0 aliphatic carbocycles. The maximum atomic E-state index is 12.4. The molecule has 144 valence electrons. The molecule has 0 unspecified atom stereocenters. The second-order valence-corrected chi connectivity index (χ2v) is 8.95. The molecule has 2 aromatic heterocycles. The van der Waals surface area contributed by atoms with Crippen LogP contribution in [0, 0.1) is 0 Å². The van der Waals surface area contributed by atoms with Crippen LogP contribution >= 0.6 is 11.3 Å². The van der Waals surface area contributed by atoms with Crippen LogP contribution in [0.15, 0.2) is 32.3 Å². The number of sulfonamides is 1. The van der Waals surface area contributed by atoms with Gasteiger partial charge in [-0.25, -0.2) is 13.1 Å². The average Bonchev–Trinajstić information content (AvgIpc) is 3.18. The van der Waals surface area contributed by atoms with Crippen molar-refractivity contribution in [2.45, 2.75) is 37.5 Å². The molecule has 0 atom stereocenters. The third kappa shape index (κ3) is 4.08. The van der Waals surface area contributed by atoms with E-state index in [1.165, 1.54) is 22.8 Å². The number of fused-ring (bicyclic) bond motifs is 1. The molecule has 1 N–H and O–H groups in total. The predicted molar refractivity (Wildman–Crippen MR) is 99.1 cm³/mol. The maximum absolute atomic E-state index is 12.4. The average molecular weight is 410 g/mol. The van der Waals surface area contributed by atoms with E-state index in [0.29, 0.717) is 16.1 Å². The number of amides is 1. The molecule has 11 heteroatoms. The fraction of sp³-hybridized carbons (Fsp3) is 0.375. The highest BCUT2D eigenvalue weighted by Gasteiger charge is 2.20. The normalized spacial score (nSPS) is 12.0. The largest absolute Gasteiger partial charge is 0.425 e. The zero-order valence-electron chi connectivity index (χ0n) is 14.9. The highest BCUT2D eigenvalue weighted by molar-refractivity contribution is 7.90. The number of hydrogen-bond donors (Lipinski definition) is 1. The van der Waals surface area contributed by atoms with Gasteiger partial charge in [0, 0.05) is 25.8 Å². The van der Waals surface area contributed by atoms with Crippen molar-refractivity contribution in [1.29, 1.82) is 0 Å². The van der Waals surface area contributed by atoms with Crippen LogP contribution in [0.5, 0.6) is 0 Å². The van der Waals surface area contributed by atoms with Gasteiger partial charge in [0.1, 0.15) is 0 Å². The Hall–Kier alpha value is -2.53. The minimum atomic E-state index is -4.04. The summed E-state index contributed by atoms with van der Waals surface area (Å²) < 4.78 is 34.2. The molecule has 0 saturated heterocycles. The van der Waals surface area contributed by atoms with E-state index >= 15 is 0 Å². The van der Waals surface area contributed by atoms with Crippen LogP contribution in [0.1, 0.15) is 38.0 Å². The molecule has 0 radical (unpaired) electrons. The van der Waals surface area contributed by atoms with Gasteiger partial charge in [-0.15, -0.1) is 10.2 Å². The van der Waals surface area contributed by atoms with Crippen LogP contribution in [0.3, 0.4) is 0 Å². The summed E-state index contributed by atoms with van der Waals surface area (Å²) in [5, 5.41) is 7.69. The summed E-state index contributed by atoms with van der Waals surface area (Å²) in [6.45, 7) is 3.80. The van der Waals surface area contributed by atoms with E-state index in [2.05, 4.69) is 10.2 Å². The summed E-state index contributed by atoms with van der Waals surface area (Å²) >= 11 is 0.943. The number of carbonyl (C=O) groups excluding carboxylic acids is 1. The molecule has 0 saturated carbocycles. The first kappa shape index (κ1) is 19.2. The van der Waals surface area contributed by atoms with Crippen LogP contribution in [0.4, 0.5) is 0 Å². The Morgan fingerprint density at radius 2 is 2.07 bits per heavy atom. The molecule has 3 aromatic rings. The van der Waals surface area contributed by atoms with Gasteiger partial charge in [0.25, 0.3) is 10.0 Å². The number of aromatic nitrogens is 3. The number of carbonyl (C=O) groups is 1. The van der Waals surface area contributed by atoms with Crippen molar-refractivity contribution in [2.24, 2.45) is 7.05 Å². The van der Waals surface area contributed by atoms with Gasteiger partial charge in [0.05, 0.1) is 15.1 Å². The molecule has 2 heterocycles. The third-order valence-electron chi connectivity index (χ3n) is 3.86. The van der Waals surface area contributed by atoms with Gasteiger partial charge < -0.3 is 8.98 Å². The number of rotatable bonds is 6. The number of benzene rings is 1. The minimum Gasteiger partial charge on any atom is -0.425 e. The molecule has 0 bridgehead atoms. The van der Waals surface area contributed by atoms with Gasteiger partial charge in [-0.3, -0.25) is 9.59 Å². The molecule has 0 fully saturated rings. The Labute approximate surface area is 159 Å². The summed E-state index contributed by atoms with van der Waals surface area (Å²) in [7, 11) is -2.43. The van der Waals surface area contributed by atoms with Gasteiger partial charge in [0.2, 0.25) is 17.7 Å². The Kier molecular flexibility index (Phi) is 5.16. The SMILES string of the molecule is CC(C)c1nnc(CCC(=O)NS(=O)(=O)c2ccc3c(c2)sc(=O)n3C)o1. The molecule has 1 amide bonds. The van der Waals surface area contributed by atoms with E-state index in [1.807, 2.05) is 18.6 Å².